The van der Waals surface area contributed by atoms with Gasteiger partial charge < -0.3 is 52.4 Å². The molecule has 2 aromatic rings. The summed E-state index contributed by atoms with van der Waals surface area (Å²) >= 11 is 1.15. The SMILES string of the molecule is COc1c(NC(/C=C(\N)NC(=O)C2CC2)=C(/N)C(=O)NC(O)(O)O)cccc1-c1ncc(C(=O)NCC(C)(C)CN(C)C)s1. The number of nitrogens with zero attached hydrogens (tertiary/aromatic N) is 2. The zero-order chi connectivity index (χ0) is 32.8. The van der Waals surface area contributed by atoms with Gasteiger partial charge in [-0.3, -0.25) is 19.7 Å². The van der Waals surface area contributed by atoms with Crippen molar-refractivity contribution >= 4 is 34.7 Å². The van der Waals surface area contributed by atoms with Gasteiger partial charge in [-0.25, -0.2) is 4.98 Å². The van der Waals surface area contributed by atoms with Crippen molar-refractivity contribution in [3.8, 4) is 16.3 Å². The molecule has 0 radical (unpaired) electrons. The highest BCUT2D eigenvalue weighted by Gasteiger charge is 2.30. The van der Waals surface area contributed by atoms with Crippen molar-refractivity contribution in [1.82, 2.24) is 25.8 Å². The second-order valence-electron chi connectivity index (χ2n) is 11.4. The minimum absolute atomic E-state index is 0.147. The Morgan fingerprint density at radius 3 is 2.45 bits per heavy atom. The molecule has 0 aliphatic heterocycles. The smallest absolute Gasteiger partial charge is 0.369 e. The lowest BCUT2D eigenvalue weighted by molar-refractivity contribution is -0.325. The van der Waals surface area contributed by atoms with Crippen LogP contribution in [0.3, 0.4) is 0 Å². The number of aromatic nitrogens is 1. The molecule has 44 heavy (non-hydrogen) atoms. The first-order chi connectivity index (χ1) is 20.5. The first-order valence-electron chi connectivity index (χ1n) is 13.6. The molecule has 11 N–H and O–H groups in total. The number of aliphatic hydroxyl groups is 3. The molecular formula is C28H40N8O7S. The highest BCUT2D eigenvalue weighted by Crippen LogP contribution is 2.39. The summed E-state index contributed by atoms with van der Waals surface area (Å²) in [7, 11) is 5.35. The van der Waals surface area contributed by atoms with Gasteiger partial charge in [0, 0.05) is 25.1 Å². The topological polar surface area (TPSA) is 237 Å². The lowest BCUT2D eigenvalue weighted by Gasteiger charge is -2.28. The summed E-state index contributed by atoms with van der Waals surface area (Å²) in [6, 6.07) is 4.99. The fourth-order valence-corrected chi connectivity index (χ4v) is 5.15. The van der Waals surface area contributed by atoms with Crippen LogP contribution in [-0.2, 0) is 9.59 Å². The summed E-state index contributed by atoms with van der Waals surface area (Å²) in [6.07, 6.45) is 0.553. The van der Waals surface area contributed by atoms with Crippen molar-refractivity contribution in [3.05, 3.63) is 52.6 Å². The van der Waals surface area contributed by atoms with Crippen molar-refractivity contribution in [2.75, 3.05) is 39.6 Å². The number of hydrogen-bond acceptors (Lipinski definition) is 13. The number of amides is 3. The van der Waals surface area contributed by atoms with Crippen LogP contribution >= 0.6 is 11.3 Å². The van der Waals surface area contributed by atoms with Gasteiger partial charge in [-0.05, 0) is 44.5 Å². The number of hydrogen-bond donors (Lipinski definition) is 9. The van der Waals surface area contributed by atoms with Gasteiger partial charge in [-0.15, -0.1) is 11.3 Å². The van der Waals surface area contributed by atoms with Gasteiger partial charge in [-0.1, -0.05) is 19.9 Å². The standard InChI is InChI=1S/C28H40N8O7S/c1-27(2,14-36(3)4)13-32-24(38)19-12-31-26(44-19)16-7-6-8-17(22(16)43-5)33-18(21(30)25(39)35-28(40,41)42)11-20(29)34-23(37)15-9-10-15/h6-8,11-12,15,33,40-42H,9-10,13-14,29-30H2,1-5H3,(H,32,38)(H,34,37)(H,35,39)/b20-11+,21-18+. The molecule has 15 nitrogen and oxygen atoms in total. The van der Waals surface area contributed by atoms with Crippen LogP contribution in [0.1, 0.15) is 36.4 Å². The van der Waals surface area contributed by atoms with Crippen molar-refractivity contribution < 1.29 is 34.4 Å². The fraction of sp³-hybridized carbons (Fsp3) is 0.429. The van der Waals surface area contributed by atoms with Crippen LogP contribution in [0.25, 0.3) is 10.6 Å². The van der Waals surface area contributed by atoms with E-state index in [2.05, 4.69) is 39.7 Å². The number of allylic oxidation sites excluding steroid dienone is 1. The number of benzene rings is 1. The Balaban J connectivity index is 1.91. The van der Waals surface area contributed by atoms with E-state index in [9.17, 15) is 29.7 Å². The third-order valence-electron chi connectivity index (χ3n) is 6.25. The highest BCUT2D eigenvalue weighted by molar-refractivity contribution is 7.17. The molecule has 16 heteroatoms. The molecule has 0 bridgehead atoms. The molecule has 1 aliphatic carbocycles. The third kappa shape index (κ3) is 9.92. The predicted octanol–water partition coefficient (Wildman–Crippen LogP) is -0.251. The van der Waals surface area contributed by atoms with E-state index >= 15 is 0 Å². The van der Waals surface area contributed by atoms with E-state index in [1.807, 2.05) is 14.1 Å². The fourth-order valence-electron chi connectivity index (χ4n) is 4.30. The first-order valence-corrected chi connectivity index (χ1v) is 14.4. The molecule has 0 spiro atoms. The van der Waals surface area contributed by atoms with Crippen LogP contribution in [-0.4, -0.2) is 83.3 Å². The van der Waals surface area contributed by atoms with E-state index in [4.69, 9.17) is 16.2 Å². The highest BCUT2D eigenvalue weighted by atomic mass is 32.1. The average molecular weight is 633 g/mol. The quantitative estimate of drug-likeness (QED) is 0.0745. The molecule has 3 amide bonds. The minimum Gasteiger partial charge on any atom is -0.494 e. The van der Waals surface area contributed by atoms with Gasteiger partial charge in [0.05, 0.1) is 30.3 Å². The molecule has 1 fully saturated rings. The Morgan fingerprint density at radius 1 is 1.18 bits per heavy atom. The van der Waals surface area contributed by atoms with Gasteiger partial charge in [0.1, 0.15) is 21.4 Å². The second kappa shape index (κ2) is 14.0. The number of thiazole rings is 1. The van der Waals surface area contributed by atoms with Gasteiger partial charge >= 0.3 is 6.10 Å². The zero-order valence-corrected chi connectivity index (χ0v) is 26.0. The first kappa shape index (κ1) is 34.3. The lowest BCUT2D eigenvalue weighted by atomic mass is 9.93. The number of carbonyl (C=O) groups excluding carboxylic acids is 3. The molecule has 1 saturated carbocycles. The minimum atomic E-state index is -3.54. The molecule has 0 atom stereocenters. The van der Waals surface area contributed by atoms with Gasteiger partial charge in [0.25, 0.3) is 11.8 Å². The van der Waals surface area contributed by atoms with Gasteiger partial charge in [-0.2, -0.15) is 0 Å². The maximum absolute atomic E-state index is 12.9. The number of nitrogens with two attached hydrogens (primary N) is 2. The Labute approximate surface area is 259 Å². The van der Waals surface area contributed by atoms with Crippen LogP contribution in [0.2, 0.25) is 0 Å². The molecule has 0 unspecified atom stereocenters. The van der Waals surface area contributed by atoms with E-state index in [1.165, 1.54) is 24.7 Å². The average Bonchev–Trinajstić information content (AvgIpc) is 3.65. The monoisotopic (exact) mass is 632 g/mol. The molecule has 0 saturated heterocycles. The van der Waals surface area contributed by atoms with E-state index < -0.39 is 17.7 Å². The number of carbonyl (C=O) groups is 3. The summed E-state index contributed by atoms with van der Waals surface area (Å²) in [5.74, 6) is -1.88. The van der Waals surface area contributed by atoms with Gasteiger partial charge in [0.15, 0.2) is 5.75 Å². The molecular weight excluding hydrogens is 592 g/mol. The molecule has 1 aromatic carbocycles. The summed E-state index contributed by atoms with van der Waals surface area (Å²) in [6.45, 7) is 5.37. The summed E-state index contributed by atoms with van der Waals surface area (Å²) in [5.41, 5.74) is 11.8. The normalized spacial score (nSPS) is 14.5. The predicted molar refractivity (Wildman–Crippen MR) is 164 cm³/mol. The number of anilines is 1. The maximum Gasteiger partial charge on any atom is 0.369 e. The third-order valence-corrected chi connectivity index (χ3v) is 7.28. The van der Waals surface area contributed by atoms with E-state index in [0.29, 0.717) is 22.0 Å². The van der Waals surface area contributed by atoms with E-state index in [-0.39, 0.29) is 46.1 Å². The Hall–Kier alpha value is -4.22. The van der Waals surface area contributed by atoms with Crippen molar-refractivity contribution in [1.29, 1.82) is 0 Å². The number of rotatable bonds is 14. The largest absolute Gasteiger partial charge is 0.494 e. The molecule has 3 rings (SSSR count). The van der Waals surface area contributed by atoms with Crippen LogP contribution in [0, 0.1) is 11.3 Å². The number of nitrogens with one attached hydrogen (secondary N) is 4. The summed E-state index contributed by atoms with van der Waals surface area (Å²) in [4.78, 5) is 44.5. The Kier molecular flexibility index (Phi) is 10.9. The molecule has 1 heterocycles. The number of ether oxygens (including phenoxy) is 1. The number of para-hydroxylation sites is 1. The zero-order valence-electron chi connectivity index (χ0n) is 25.2. The Morgan fingerprint density at radius 2 is 1.86 bits per heavy atom. The van der Waals surface area contributed by atoms with Crippen molar-refractivity contribution in [3.63, 3.8) is 0 Å². The molecule has 1 aromatic heterocycles. The second-order valence-corrected chi connectivity index (χ2v) is 12.4. The lowest BCUT2D eigenvalue weighted by Crippen LogP contribution is -2.50. The number of methoxy groups -OCH3 is 1. The molecule has 240 valence electrons. The van der Waals surface area contributed by atoms with Crippen molar-refractivity contribution in [2.45, 2.75) is 32.8 Å². The van der Waals surface area contributed by atoms with Crippen LogP contribution in [0.15, 0.2) is 47.7 Å². The van der Waals surface area contributed by atoms with Crippen molar-refractivity contribution in [2.24, 2.45) is 22.8 Å². The van der Waals surface area contributed by atoms with Crippen LogP contribution in [0.5, 0.6) is 5.75 Å². The summed E-state index contributed by atoms with van der Waals surface area (Å²) < 4.78 is 5.65. The molecule has 1 aliphatic rings. The van der Waals surface area contributed by atoms with Crippen LogP contribution < -0.4 is 37.5 Å². The van der Waals surface area contributed by atoms with Crippen LogP contribution in [0.4, 0.5) is 5.69 Å². The maximum atomic E-state index is 12.9. The van der Waals surface area contributed by atoms with E-state index in [1.54, 1.807) is 18.2 Å². The van der Waals surface area contributed by atoms with Gasteiger partial charge in [0.2, 0.25) is 5.91 Å². The Bertz CT molecular complexity index is 1440. The summed E-state index contributed by atoms with van der Waals surface area (Å²) in [5, 5.41) is 38.0. The van der Waals surface area contributed by atoms with E-state index in [0.717, 1.165) is 30.7 Å².